The minimum Gasteiger partial charge on any atom is -0.435 e. The fraction of sp³-hybridized carbons (Fsp3) is 0.562. The smallest absolute Gasteiger partial charge is 0.387 e. The Labute approximate surface area is 123 Å². The van der Waals surface area contributed by atoms with Gasteiger partial charge in [-0.1, -0.05) is 19.3 Å². The molecule has 0 bridgehead atoms. The summed E-state index contributed by atoms with van der Waals surface area (Å²) in [6.45, 7) is -0.208. The number of hydrogen-bond acceptors (Lipinski definition) is 2. The molecule has 0 N–H and O–H groups in total. The molecule has 5 heteroatoms. The molecule has 0 aromatic heterocycles. The molecule has 1 saturated carbocycles. The Hall–Kier alpha value is -1.65. The standard InChI is InChI=1S/C16H21F2NO2/c1-2-19(13-6-4-3-5-7-13)15(20)12-8-10-14(11-9-12)21-16(17)18/h8-11,13,16H,2-7H2,1H3. The molecular weight excluding hydrogens is 276 g/mol. The first-order valence-corrected chi connectivity index (χ1v) is 7.47. The zero-order valence-electron chi connectivity index (χ0n) is 12.2. The van der Waals surface area contributed by atoms with E-state index in [2.05, 4.69) is 4.74 Å². The van der Waals surface area contributed by atoms with Crippen LogP contribution in [-0.4, -0.2) is 30.0 Å². The summed E-state index contributed by atoms with van der Waals surface area (Å²) in [7, 11) is 0. The quantitative estimate of drug-likeness (QED) is 0.819. The monoisotopic (exact) mass is 297 g/mol. The van der Waals surface area contributed by atoms with Gasteiger partial charge in [0.25, 0.3) is 5.91 Å². The molecule has 0 radical (unpaired) electrons. The van der Waals surface area contributed by atoms with Crippen LogP contribution < -0.4 is 4.74 Å². The zero-order chi connectivity index (χ0) is 15.2. The fourth-order valence-corrected chi connectivity index (χ4v) is 2.91. The highest BCUT2D eigenvalue weighted by atomic mass is 19.3. The van der Waals surface area contributed by atoms with Crippen LogP contribution in [0.15, 0.2) is 24.3 Å². The number of hydrogen-bond donors (Lipinski definition) is 0. The zero-order valence-corrected chi connectivity index (χ0v) is 12.2. The first-order valence-electron chi connectivity index (χ1n) is 7.47. The number of benzene rings is 1. The van der Waals surface area contributed by atoms with Gasteiger partial charge in [0.1, 0.15) is 5.75 Å². The van der Waals surface area contributed by atoms with E-state index in [-0.39, 0.29) is 11.7 Å². The average Bonchev–Trinajstić information content (AvgIpc) is 2.49. The summed E-state index contributed by atoms with van der Waals surface area (Å²) < 4.78 is 28.5. The molecule has 0 unspecified atom stereocenters. The van der Waals surface area contributed by atoms with E-state index in [0.29, 0.717) is 18.2 Å². The van der Waals surface area contributed by atoms with Gasteiger partial charge >= 0.3 is 6.61 Å². The summed E-state index contributed by atoms with van der Waals surface area (Å²) in [5, 5.41) is 0. The molecule has 0 heterocycles. The van der Waals surface area contributed by atoms with Crippen molar-refractivity contribution in [3.8, 4) is 5.75 Å². The van der Waals surface area contributed by atoms with Crippen molar-refractivity contribution < 1.29 is 18.3 Å². The van der Waals surface area contributed by atoms with Gasteiger partial charge in [-0.15, -0.1) is 0 Å². The number of alkyl halides is 2. The SMILES string of the molecule is CCN(C(=O)c1ccc(OC(F)F)cc1)C1CCCCC1. The number of carbonyl (C=O) groups excluding carboxylic acids is 1. The van der Waals surface area contributed by atoms with Crippen molar-refractivity contribution in [1.82, 2.24) is 4.90 Å². The van der Waals surface area contributed by atoms with Gasteiger partial charge in [0.15, 0.2) is 0 Å². The van der Waals surface area contributed by atoms with Gasteiger partial charge in [0.05, 0.1) is 0 Å². The van der Waals surface area contributed by atoms with Crippen LogP contribution in [0.2, 0.25) is 0 Å². The Balaban J connectivity index is 2.06. The van der Waals surface area contributed by atoms with Crippen molar-refractivity contribution in [1.29, 1.82) is 0 Å². The van der Waals surface area contributed by atoms with E-state index in [4.69, 9.17) is 0 Å². The van der Waals surface area contributed by atoms with Crippen LogP contribution in [0.5, 0.6) is 5.75 Å². The molecule has 21 heavy (non-hydrogen) atoms. The average molecular weight is 297 g/mol. The molecule has 3 nitrogen and oxygen atoms in total. The third-order valence-electron chi connectivity index (χ3n) is 3.94. The first kappa shape index (κ1) is 15.7. The molecule has 1 amide bonds. The van der Waals surface area contributed by atoms with Crippen molar-refractivity contribution >= 4 is 5.91 Å². The van der Waals surface area contributed by atoms with E-state index in [1.54, 1.807) is 12.1 Å². The molecule has 2 rings (SSSR count). The maximum Gasteiger partial charge on any atom is 0.387 e. The lowest BCUT2D eigenvalue weighted by atomic mass is 9.93. The lowest BCUT2D eigenvalue weighted by Gasteiger charge is -2.33. The second-order valence-corrected chi connectivity index (χ2v) is 5.29. The number of amides is 1. The highest BCUT2D eigenvalue weighted by molar-refractivity contribution is 5.94. The minimum absolute atomic E-state index is 0.0343. The molecule has 0 atom stereocenters. The fourth-order valence-electron chi connectivity index (χ4n) is 2.91. The Morgan fingerprint density at radius 2 is 1.86 bits per heavy atom. The second-order valence-electron chi connectivity index (χ2n) is 5.29. The van der Waals surface area contributed by atoms with Gasteiger partial charge in [-0.25, -0.2) is 0 Å². The Morgan fingerprint density at radius 1 is 1.24 bits per heavy atom. The summed E-state index contributed by atoms with van der Waals surface area (Å²) in [5.41, 5.74) is 0.518. The summed E-state index contributed by atoms with van der Waals surface area (Å²) in [6.07, 6.45) is 5.66. The predicted molar refractivity (Wildman–Crippen MR) is 76.7 cm³/mol. The van der Waals surface area contributed by atoms with E-state index in [1.165, 1.54) is 18.6 Å². The predicted octanol–water partition coefficient (Wildman–Crippen LogP) is 4.08. The molecule has 1 fully saturated rings. The van der Waals surface area contributed by atoms with E-state index in [0.717, 1.165) is 25.7 Å². The van der Waals surface area contributed by atoms with Crippen LogP contribution in [0.25, 0.3) is 0 Å². The largest absolute Gasteiger partial charge is 0.435 e. The van der Waals surface area contributed by atoms with E-state index < -0.39 is 6.61 Å². The first-order chi connectivity index (χ1) is 10.1. The van der Waals surface area contributed by atoms with Crippen LogP contribution in [0.4, 0.5) is 8.78 Å². The van der Waals surface area contributed by atoms with Crippen LogP contribution in [0, 0.1) is 0 Å². The number of nitrogens with zero attached hydrogens (tertiary/aromatic N) is 1. The molecule has 116 valence electrons. The molecule has 0 saturated heterocycles. The molecule has 1 aliphatic rings. The van der Waals surface area contributed by atoms with Gasteiger partial charge in [-0.05, 0) is 44.0 Å². The van der Waals surface area contributed by atoms with E-state index in [9.17, 15) is 13.6 Å². The van der Waals surface area contributed by atoms with Gasteiger partial charge in [-0.2, -0.15) is 8.78 Å². The van der Waals surface area contributed by atoms with Crippen LogP contribution in [0.3, 0.4) is 0 Å². The number of ether oxygens (including phenoxy) is 1. The molecular formula is C16H21F2NO2. The summed E-state index contributed by atoms with van der Waals surface area (Å²) in [6, 6.07) is 6.22. The Morgan fingerprint density at radius 3 is 2.38 bits per heavy atom. The van der Waals surface area contributed by atoms with E-state index in [1.807, 2.05) is 11.8 Å². The number of halogens is 2. The van der Waals surface area contributed by atoms with Crippen molar-refractivity contribution in [2.24, 2.45) is 0 Å². The summed E-state index contributed by atoms with van der Waals surface area (Å²) in [5.74, 6) is 0.0373. The highest BCUT2D eigenvalue weighted by Gasteiger charge is 2.24. The van der Waals surface area contributed by atoms with Crippen LogP contribution in [0.1, 0.15) is 49.4 Å². The van der Waals surface area contributed by atoms with Crippen LogP contribution in [-0.2, 0) is 0 Å². The molecule has 0 aliphatic heterocycles. The maximum atomic E-state index is 12.5. The third-order valence-corrected chi connectivity index (χ3v) is 3.94. The highest BCUT2D eigenvalue weighted by Crippen LogP contribution is 2.24. The van der Waals surface area contributed by atoms with Crippen LogP contribution >= 0.6 is 0 Å². The van der Waals surface area contributed by atoms with Crippen molar-refractivity contribution in [3.05, 3.63) is 29.8 Å². The summed E-state index contributed by atoms with van der Waals surface area (Å²) >= 11 is 0. The molecule has 1 aromatic rings. The lowest BCUT2D eigenvalue weighted by Crippen LogP contribution is -2.41. The molecule has 1 aromatic carbocycles. The Kier molecular flexibility index (Phi) is 5.53. The van der Waals surface area contributed by atoms with Crippen molar-refractivity contribution in [2.75, 3.05) is 6.54 Å². The lowest BCUT2D eigenvalue weighted by molar-refractivity contribution is -0.0498. The van der Waals surface area contributed by atoms with Gasteiger partial charge < -0.3 is 9.64 Å². The third kappa shape index (κ3) is 4.16. The molecule has 1 aliphatic carbocycles. The number of carbonyl (C=O) groups is 1. The van der Waals surface area contributed by atoms with Crippen molar-refractivity contribution in [2.45, 2.75) is 51.7 Å². The van der Waals surface area contributed by atoms with E-state index >= 15 is 0 Å². The second kappa shape index (κ2) is 7.38. The van der Waals surface area contributed by atoms with Crippen molar-refractivity contribution in [3.63, 3.8) is 0 Å². The van der Waals surface area contributed by atoms with Gasteiger partial charge in [-0.3, -0.25) is 4.79 Å². The number of rotatable bonds is 5. The topological polar surface area (TPSA) is 29.5 Å². The normalized spacial score (nSPS) is 16.0. The Bertz CT molecular complexity index is 456. The maximum absolute atomic E-state index is 12.5. The minimum atomic E-state index is -2.85. The summed E-state index contributed by atoms with van der Waals surface area (Å²) in [4.78, 5) is 14.4. The van der Waals surface area contributed by atoms with Gasteiger partial charge in [0, 0.05) is 18.2 Å². The van der Waals surface area contributed by atoms with Gasteiger partial charge in [0.2, 0.25) is 0 Å². The molecule has 0 spiro atoms.